The van der Waals surface area contributed by atoms with Crippen LogP contribution in [0.5, 0.6) is 0 Å². The van der Waals surface area contributed by atoms with Gasteiger partial charge in [-0.25, -0.2) is 13.1 Å². The van der Waals surface area contributed by atoms with Crippen LogP contribution in [0.2, 0.25) is 0 Å². The molecule has 8 heteroatoms. The van der Waals surface area contributed by atoms with Crippen molar-refractivity contribution >= 4 is 21.4 Å². The molecule has 7 nitrogen and oxygen atoms in total. The van der Waals surface area contributed by atoms with Crippen molar-refractivity contribution in [2.45, 2.75) is 12.6 Å². The standard InChI is InChI=1S/C22H19N3O4S/c26-21-12-11-20(17-7-3-1-4-8-17)23-24(21)15-22(27)25(18-9-5-2-6-10-18)19-13-14-30(28,29)16-19/h1-14,19H,15-16H2/t19-/m0/s1. The molecule has 4 rings (SSSR count). The van der Waals surface area contributed by atoms with Crippen molar-refractivity contribution in [3.63, 3.8) is 0 Å². The first kappa shape index (κ1) is 19.8. The van der Waals surface area contributed by atoms with Crippen LogP contribution in [0.3, 0.4) is 0 Å². The minimum Gasteiger partial charge on any atom is -0.303 e. The fourth-order valence-electron chi connectivity index (χ4n) is 3.36. The number of hydrogen-bond acceptors (Lipinski definition) is 5. The van der Waals surface area contributed by atoms with E-state index in [0.29, 0.717) is 11.4 Å². The number of sulfone groups is 1. The molecule has 0 saturated carbocycles. The zero-order valence-corrected chi connectivity index (χ0v) is 16.8. The third-order valence-corrected chi connectivity index (χ3v) is 6.14. The summed E-state index contributed by atoms with van der Waals surface area (Å²) in [6, 6.07) is 20.5. The van der Waals surface area contributed by atoms with Crippen molar-refractivity contribution in [3.8, 4) is 11.3 Å². The molecule has 0 N–H and O–H groups in total. The van der Waals surface area contributed by atoms with Crippen LogP contribution in [0.15, 0.2) is 89.1 Å². The predicted molar refractivity (Wildman–Crippen MR) is 115 cm³/mol. The monoisotopic (exact) mass is 421 g/mol. The molecule has 1 aliphatic rings. The van der Waals surface area contributed by atoms with Crippen molar-refractivity contribution in [2.24, 2.45) is 0 Å². The molecule has 3 aromatic rings. The number of anilines is 1. The van der Waals surface area contributed by atoms with Crippen LogP contribution in [0.25, 0.3) is 11.3 Å². The molecule has 2 heterocycles. The Balaban J connectivity index is 1.67. The van der Waals surface area contributed by atoms with Gasteiger partial charge in [-0.05, 0) is 24.3 Å². The van der Waals surface area contributed by atoms with Crippen molar-refractivity contribution in [2.75, 3.05) is 10.7 Å². The number of carbonyl (C=O) groups is 1. The number of amides is 1. The Kier molecular flexibility index (Phi) is 5.33. The fourth-order valence-corrected chi connectivity index (χ4v) is 4.63. The van der Waals surface area contributed by atoms with Gasteiger partial charge in [0.05, 0.1) is 17.5 Å². The van der Waals surface area contributed by atoms with Gasteiger partial charge in [-0.15, -0.1) is 0 Å². The summed E-state index contributed by atoms with van der Waals surface area (Å²) in [5.74, 6) is -0.618. The highest BCUT2D eigenvalue weighted by atomic mass is 32.2. The van der Waals surface area contributed by atoms with Gasteiger partial charge in [0.15, 0.2) is 9.84 Å². The molecule has 0 saturated heterocycles. The number of hydrogen-bond donors (Lipinski definition) is 0. The van der Waals surface area contributed by atoms with Gasteiger partial charge in [0.1, 0.15) is 6.54 Å². The third-order valence-electron chi connectivity index (χ3n) is 4.77. The van der Waals surface area contributed by atoms with E-state index in [4.69, 9.17) is 0 Å². The van der Waals surface area contributed by atoms with Gasteiger partial charge in [-0.1, -0.05) is 48.5 Å². The number of rotatable bonds is 5. The van der Waals surface area contributed by atoms with Gasteiger partial charge >= 0.3 is 0 Å². The van der Waals surface area contributed by atoms with Crippen LogP contribution in [-0.4, -0.2) is 35.9 Å². The molecule has 0 bridgehead atoms. The van der Waals surface area contributed by atoms with E-state index in [0.717, 1.165) is 15.7 Å². The van der Waals surface area contributed by atoms with E-state index in [2.05, 4.69) is 5.10 Å². The quantitative estimate of drug-likeness (QED) is 0.630. The van der Waals surface area contributed by atoms with E-state index >= 15 is 0 Å². The Hall–Kier alpha value is -3.52. The summed E-state index contributed by atoms with van der Waals surface area (Å²) in [5, 5.41) is 5.46. The molecule has 0 spiro atoms. The molecule has 0 unspecified atom stereocenters. The lowest BCUT2D eigenvalue weighted by molar-refractivity contribution is -0.119. The predicted octanol–water partition coefficient (Wildman–Crippen LogP) is 2.25. The highest BCUT2D eigenvalue weighted by Crippen LogP contribution is 2.23. The lowest BCUT2D eigenvalue weighted by Gasteiger charge is -2.27. The first-order chi connectivity index (χ1) is 14.4. The summed E-state index contributed by atoms with van der Waals surface area (Å²) < 4.78 is 24.9. The van der Waals surface area contributed by atoms with Gasteiger partial charge in [-0.2, -0.15) is 5.10 Å². The van der Waals surface area contributed by atoms with Gasteiger partial charge < -0.3 is 4.90 Å². The van der Waals surface area contributed by atoms with Gasteiger partial charge in [0.25, 0.3) is 5.56 Å². The number of benzene rings is 2. The summed E-state index contributed by atoms with van der Waals surface area (Å²) >= 11 is 0. The summed E-state index contributed by atoms with van der Waals surface area (Å²) in [5.41, 5.74) is 1.54. The molecule has 152 valence electrons. The minimum absolute atomic E-state index is 0.194. The zero-order chi connectivity index (χ0) is 21.1. The fraction of sp³-hybridized carbons (Fsp3) is 0.136. The molecular formula is C22H19N3O4S. The third kappa shape index (κ3) is 4.23. The lowest BCUT2D eigenvalue weighted by atomic mass is 10.1. The van der Waals surface area contributed by atoms with E-state index < -0.39 is 27.3 Å². The Morgan fingerprint density at radius 3 is 2.30 bits per heavy atom. The zero-order valence-electron chi connectivity index (χ0n) is 16.0. The average molecular weight is 421 g/mol. The summed E-state index contributed by atoms with van der Waals surface area (Å²) in [4.78, 5) is 27.0. The molecule has 0 aliphatic carbocycles. The second-order valence-corrected chi connectivity index (χ2v) is 8.84. The Labute approximate surface area is 173 Å². The molecule has 1 atom stereocenters. The Morgan fingerprint density at radius 1 is 1.00 bits per heavy atom. The second kappa shape index (κ2) is 8.08. The average Bonchev–Trinajstić information content (AvgIpc) is 3.10. The highest BCUT2D eigenvalue weighted by Gasteiger charge is 2.31. The van der Waals surface area contributed by atoms with Crippen LogP contribution >= 0.6 is 0 Å². The van der Waals surface area contributed by atoms with E-state index in [1.165, 1.54) is 17.0 Å². The maximum atomic E-state index is 13.2. The van der Waals surface area contributed by atoms with Crippen molar-refractivity contribution < 1.29 is 13.2 Å². The molecule has 0 radical (unpaired) electrons. The molecule has 0 fully saturated rings. The molecular weight excluding hydrogens is 402 g/mol. The van der Waals surface area contributed by atoms with E-state index in [9.17, 15) is 18.0 Å². The Morgan fingerprint density at radius 2 is 1.67 bits per heavy atom. The summed E-state index contributed by atoms with van der Waals surface area (Å²) in [7, 11) is -3.36. The first-order valence-corrected chi connectivity index (χ1v) is 11.1. The van der Waals surface area contributed by atoms with Crippen LogP contribution in [0.4, 0.5) is 5.69 Å². The van der Waals surface area contributed by atoms with Crippen molar-refractivity contribution in [1.82, 2.24) is 9.78 Å². The van der Waals surface area contributed by atoms with Gasteiger partial charge in [0, 0.05) is 22.7 Å². The van der Waals surface area contributed by atoms with Crippen molar-refractivity contribution in [1.29, 1.82) is 0 Å². The second-order valence-electron chi connectivity index (χ2n) is 6.91. The van der Waals surface area contributed by atoms with Crippen molar-refractivity contribution in [3.05, 3.63) is 94.6 Å². The SMILES string of the molecule is O=C(Cn1nc(-c2ccccc2)ccc1=O)N(c1ccccc1)[C@H]1C=CS(=O)(=O)C1. The molecule has 2 aromatic carbocycles. The van der Waals surface area contributed by atoms with E-state index in [1.807, 2.05) is 36.4 Å². The smallest absolute Gasteiger partial charge is 0.267 e. The normalized spacial score (nSPS) is 17.0. The summed E-state index contributed by atoms with van der Waals surface area (Å²) in [6.45, 7) is -0.307. The molecule has 1 aliphatic heterocycles. The number of nitrogens with zero attached hydrogens (tertiary/aromatic N) is 3. The molecule has 1 aromatic heterocycles. The largest absolute Gasteiger partial charge is 0.303 e. The Bertz CT molecular complexity index is 1250. The van der Waals surface area contributed by atoms with Crippen LogP contribution in [-0.2, 0) is 21.2 Å². The van der Waals surface area contributed by atoms with Crippen LogP contribution < -0.4 is 10.5 Å². The van der Waals surface area contributed by atoms with Crippen LogP contribution in [0, 0.1) is 0 Å². The van der Waals surface area contributed by atoms with E-state index in [-0.39, 0.29) is 12.3 Å². The summed E-state index contributed by atoms with van der Waals surface area (Å²) in [6.07, 6.45) is 1.50. The lowest BCUT2D eigenvalue weighted by Crippen LogP contribution is -2.44. The maximum absolute atomic E-state index is 13.2. The maximum Gasteiger partial charge on any atom is 0.267 e. The molecule has 30 heavy (non-hydrogen) atoms. The number of aromatic nitrogens is 2. The van der Waals surface area contributed by atoms with Crippen LogP contribution in [0.1, 0.15) is 0 Å². The molecule has 1 amide bonds. The van der Waals surface area contributed by atoms with Gasteiger partial charge in [-0.3, -0.25) is 9.59 Å². The number of para-hydroxylation sites is 1. The highest BCUT2D eigenvalue weighted by molar-refractivity contribution is 7.94. The van der Waals surface area contributed by atoms with Gasteiger partial charge in [0.2, 0.25) is 5.91 Å². The minimum atomic E-state index is -3.36. The van der Waals surface area contributed by atoms with E-state index in [1.54, 1.807) is 30.3 Å². The number of carbonyl (C=O) groups excluding carboxylic acids is 1. The topological polar surface area (TPSA) is 89.3 Å². The first-order valence-electron chi connectivity index (χ1n) is 9.35.